The molecule has 1 saturated heterocycles. The van der Waals surface area contributed by atoms with Gasteiger partial charge in [0.2, 0.25) is 0 Å². The normalized spacial score (nSPS) is 25.1. The van der Waals surface area contributed by atoms with Crippen LogP contribution in [-0.2, 0) is 4.74 Å². The second-order valence-electron chi connectivity index (χ2n) is 1.74. The Bertz CT molecular complexity index is 156. The molecule has 0 aromatic rings. The number of ether oxygens (including phenoxy) is 1. The van der Waals surface area contributed by atoms with E-state index in [4.69, 9.17) is 10.3 Å². The molecule has 1 aliphatic heterocycles. The van der Waals surface area contributed by atoms with Crippen molar-refractivity contribution in [2.75, 3.05) is 6.61 Å². The zero-order chi connectivity index (χ0) is 6.53. The summed E-state index contributed by atoms with van der Waals surface area (Å²) in [6, 6.07) is 0. The van der Waals surface area contributed by atoms with Crippen LogP contribution in [0.25, 0.3) is 10.4 Å². The van der Waals surface area contributed by atoms with E-state index in [1.54, 1.807) is 6.08 Å². The highest BCUT2D eigenvalue weighted by Gasteiger charge is 2.12. The molecule has 4 heteroatoms. The fourth-order valence-corrected chi connectivity index (χ4v) is 0.570. The molecule has 1 aliphatic rings. The van der Waals surface area contributed by atoms with Gasteiger partial charge in [-0.3, -0.25) is 0 Å². The molecule has 0 aromatic heterocycles. The molecule has 0 saturated carbocycles. The Morgan fingerprint density at radius 1 is 1.78 bits per heavy atom. The van der Waals surface area contributed by atoms with E-state index in [9.17, 15) is 0 Å². The van der Waals surface area contributed by atoms with E-state index >= 15 is 0 Å². The number of hydrogen-bond acceptors (Lipinski definition) is 2. The molecule has 1 atom stereocenters. The molecule has 0 aromatic carbocycles. The lowest BCUT2D eigenvalue weighted by atomic mass is 10.2. The van der Waals surface area contributed by atoms with E-state index in [0.29, 0.717) is 0 Å². The molecule has 4 nitrogen and oxygen atoms in total. The fourth-order valence-electron chi connectivity index (χ4n) is 0.570. The lowest BCUT2D eigenvalue weighted by Gasteiger charge is -2.22. The average Bonchev–Trinajstić information content (AvgIpc) is 1.76. The van der Waals surface area contributed by atoms with Crippen LogP contribution in [0.3, 0.4) is 0 Å². The second kappa shape index (κ2) is 3.12. The summed E-state index contributed by atoms with van der Waals surface area (Å²) < 4.78 is 5.01. The van der Waals surface area contributed by atoms with Gasteiger partial charge in [0, 0.05) is 11.3 Å². The zero-order valence-electron chi connectivity index (χ0n) is 4.90. The molecular formula is C5H7N3O. The molecular weight excluding hydrogens is 118 g/mol. The number of azide groups is 1. The van der Waals surface area contributed by atoms with E-state index in [0.717, 1.165) is 13.0 Å². The van der Waals surface area contributed by atoms with Crippen molar-refractivity contribution >= 4 is 0 Å². The maximum absolute atomic E-state index is 7.84. The van der Waals surface area contributed by atoms with Gasteiger partial charge in [-0.05, 0) is 11.7 Å². The summed E-state index contributed by atoms with van der Waals surface area (Å²) in [6.07, 6.45) is 4.40. The molecule has 48 valence electrons. The predicted molar refractivity (Wildman–Crippen MR) is 32.6 cm³/mol. The van der Waals surface area contributed by atoms with E-state index in [-0.39, 0.29) is 6.10 Å². The Balaban J connectivity index is 2.21. The molecule has 0 aliphatic carbocycles. The minimum Gasteiger partial charge on any atom is -0.374 e. The highest BCUT2D eigenvalue weighted by molar-refractivity contribution is 4.91. The third kappa shape index (κ3) is 1.76. The molecule has 1 unspecified atom stereocenters. The molecule has 0 amide bonds. The molecule has 1 heterocycles. The van der Waals surface area contributed by atoms with Crippen molar-refractivity contribution < 1.29 is 4.74 Å². The van der Waals surface area contributed by atoms with Crippen LogP contribution < -0.4 is 0 Å². The first-order valence-corrected chi connectivity index (χ1v) is 2.76. The highest BCUT2D eigenvalue weighted by atomic mass is 16.5. The summed E-state index contributed by atoms with van der Waals surface area (Å²) >= 11 is 0. The van der Waals surface area contributed by atoms with Crippen molar-refractivity contribution in [2.45, 2.75) is 12.5 Å². The largest absolute Gasteiger partial charge is 0.374 e. The topological polar surface area (TPSA) is 58.0 Å². The van der Waals surface area contributed by atoms with E-state index in [1.807, 2.05) is 0 Å². The van der Waals surface area contributed by atoms with Crippen LogP contribution in [0.5, 0.6) is 0 Å². The van der Waals surface area contributed by atoms with Crippen molar-refractivity contribution in [1.29, 1.82) is 0 Å². The van der Waals surface area contributed by atoms with Crippen LogP contribution in [0.4, 0.5) is 0 Å². The summed E-state index contributed by atoms with van der Waals surface area (Å²) in [6.45, 7) is 0.825. The van der Waals surface area contributed by atoms with Crippen molar-refractivity contribution in [1.82, 2.24) is 0 Å². The first-order valence-electron chi connectivity index (χ1n) is 2.76. The Hall–Kier alpha value is -0.990. The van der Waals surface area contributed by atoms with Crippen LogP contribution in [-0.4, -0.2) is 12.7 Å². The lowest BCUT2D eigenvalue weighted by molar-refractivity contribution is -0.0186. The zero-order valence-corrected chi connectivity index (χ0v) is 4.90. The third-order valence-corrected chi connectivity index (χ3v) is 1.15. The number of rotatable bonds is 2. The van der Waals surface area contributed by atoms with Gasteiger partial charge in [0.1, 0.15) is 0 Å². The summed E-state index contributed by atoms with van der Waals surface area (Å²) in [4.78, 5) is 2.55. The summed E-state index contributed by atoms with van der Waals surface area (Å²) in [5.74, 6) is 0. The molecule has 9 heavy (non-hydrogen) atoms. The standard InChI is InChI=1S/C5H7N3O/c6-8-7-3-1-5-2-4-9-5/h1,3,5H,2,4H2. The van der Waals surface area contributed by atoms with Crippen molar-refractivity contribution in [3.05, 3.63) is 22.7 Å². The van der Waals surface area contributed by atoms with Crippen LogP contribution in [0.15, 0.2) is 17.4 Å². The molecule has 1 fully saturated rings. The Labute approximate surface area is 52.8 Å². The summed E-state index contributed by atoms with van der Waals surface area (Å²) in [5, 5.41) is 3.21. The van der Waals surface area contributed by atoms with Crippen LogP contribution in [0, 0.1) is 0 Å². The van der Waals surface area contributed by atoms with Crippen molar-refractivity contribution in [3.8, 4) is 0 Å². The monoisotopic (exact) mass is 125 g/mol. The third-order valence-electron chi connectivity index (χ3n) is 1.15. The van der Waals surface area contributed by atoms with Gasteiger partial charge in [0.05, 0.1) is 12.7 Å². The van der Waals surface area contributed by atoms with Gasteiger partial charge in [-0.1, -0.05) is 11.2 Å². The van der Waals surface area contributed by atoms with Gasteiger partial charge in [0.15, 0.2) is 0 Å². The van der Waals surface area contributed by atoms with Gasteiger partial charge in [-0.15, -0.1) is 0 Å². The number of hydrogen-bond donors (Lipinski definition) is 0. The molecule has 1 rings (SSSR count). The lowest BCUT2D eigenvalue weighted by Crippen LogP contribution is -2.23. The van der Waals surface area contributed by atoms with Crippen LogP contribution >= 0.6 is 0 Å². The van der Waals surface area contributed by atoms with Crippen LogP contribution in [0.2, 0.25) is 0 Å². The molecule has 0 radical (unpaired) electrons. The molecule has 0 bridgehead atoms. The van der Waals surface area contributed by atoms with Gasteiger partial charge in [-0.25, -0.2) is 0 Å². The number of nitrogens with zero attached hydrogens (tertiary/aromatic N) is 3. The van der Waals surface area contributed by atoms with Gasteiger partial charge in [0.25, 0.3) is 0 Å². The molecule has 0 N–H and O–H groups in total. The first-order chi connectivity index (χ1) is 4.43. The predicted octanol–water partition coefficient (Wildman–Crippen LogP) is 1.60. The quantitative estimate of drug-likeness (QED) is 0.314. The second-order valence-corrected chi connectivity index (χ2v) is 1.74. The van der Waals surface area contributed by atoms with Crippen molar-refractivity contribution in [2.24, 2.45) is 5.11 Å². The SMILES string of the molecule is [N-]=[N+]=NC=CC1CCO1. The summed E-state index contributed by atoms with van der Waals surface area (Å²) in [5.41, 5.74) is 7.84. The minimum atomic E-state index is 0.190. The summed E-state index contributed by atoms with van der Waals surface area (Å²) in [7, 11) is 0. The van der Waals surface area contributed by atoms with E-state index in [2.05, 4.69) is 10.0 Å². The van der Waals surface area contributed by atoms with E-state index in [1.165, 1.54) is 6.20 Å². The average molecular weight is 125 g/mol. The highest BCUT2D eigenvalue weighted by Crippen LogP contribution is 2.11. The molecule has 0 spiro atoms. The van der Waals surface area contributed by atoms with Gasteiger partial charge >= 0.3 is 0 Å². The fraction of sp³-hybridized carbons (Fsp3) is 0.600. The van der Waals surface area contributed by atoms with Gasteiger partial charge in [-0.2, -0.15) is 0 Å². The Kier molecular flexibility index (Phi) is 2.13. The Morgan fingerprint density at radius 3 is 3.00 bits per heavy atom. The Morgan fingerprint density at radius 2 is 2.56 bits per heavy atom. The first kappa shape index (κ1) is 6.13. The maximum Gasteiger partial charge on any atom is 0.0779 e. The van der Waals surface area contributed by atoms with E-state index < -0.39 is 0 Å². The smallest absolute Gasteiger partial charge is 0.0779 e. The van der Waals surface area contributed by atoms with Crippen LogP contribution in [0.1, 0.15) is 6.42 Å². The minimum absolute atomic E-state index is 0.190. The van der Waals surface area contributed by atoms with Gasteiger partial charge < -0.3 is 4.74 Å². The van der Waals surface area contributed by atoms with Crippen molar-refractivity contribution in [3.63, 3.8) is 0 Å². The maximum atomic E-state index is 7.84.